The first-order valence-corrected chi connectivity index (χ1v) is 9.02. The van der Waals surface area contributed by atoms with Crippen LogP contribution in [0.3, 0.4) is 0 Å². The lowest BCUT2D eigenvalue weighted by molar-refractivity contribution is -0.236. The lowest BCUT2D eigenvalue weighted by Crippen LogP contribution is -2.65. The average Bonchev–Trinajstić information content (AvgIpc) is 2.36. The van der Waals surface area contributed by atoms with Gasteiger partial charge in [-0.25, -0.2) is 4.79 Å². The highest BCUT2D eigenvalue weighted by Crippen LogP contribution is 2.59. The largest absolute Gasteiger partial charge is 0.509 e. The van der Waals surface area contributed by atoms with Gasteiger partial charge in [0.05, 0.1) is 5.60 Å². The molecule has 0 aromatic heterocycles. The minimum absolute atomic E-state index is 0.0104. The second-order valence-corrected chi connectivity index (χ2v) is 8.43. The van der Waals surface area contributed by atoms with E-state index in [-0.39, 0.29) is 23.4 Å². The van der Waals surface area contributed by atoms with Gasteiger partial charge in [0.2, 0.25) is 0 Å². The molecule has 0 spiro atoms. The number of cyclic esters (lactones) is 1. The Labute approximate surface area is 134 Å². The highest BCUT2D eigenvalue weighted by Gasteiger charge is 2.62. The number of hydrogen-bond acceptors (Lipinski definition) is 4. The van der Waals surface area contributed by atoms with Crippen LogP contribution in [0.1, 0.15) is 52.9 Å². The van der Waals surface area contributed by atoms with E-state index in [1.165, 1.54) is 0 Å². The quantitative estimate of drug-likeness (QED) is 0.572. The van der Waals surface area contributed by atoms with Gasteiger partial charge in [0.15, 0.2) is 0 Å². The van der Waals surface area contributed by atoms with E-state index in [0.29, 0.717) is 5.33 Å². The Morgan fingerprint density at radius 2 is 2.00 bits per heavy atom. The monoisotopic (exact) mass is 360 g/mol. The normalized spacial score (nSPS) is 53.2. The van der Waals surface area contributed by atoms with Crippen molar-refractivity contribution in [3.63, 3.8) is 0 Å². The summed E-state index contributed by atoms with van der Waals surface area (Å²) in [4.78, 5) is 11.9. The molecule has 0 aromatic carbocycles. The molecular formula is C16H25BrO4. The van der Waals surface area contributed by atoms with Gasteiger partial charge < -0.3 is 14.6 Å². The number of aliphatic hydroxyl groups is 1. The zero-order chi connectivity index (χ0) is 15.5. The van der Waals surface area contributed by atoms with E-state index in [1.807, 2.05) is 13.8 Å². The van der Waals surface area contributed by atoms with Crippen LogP contribution in [0.25, 0.3) is 0 Å². The second-order valence-electron chi connectivity index (χ2n) is 7.87. The van der Waals surface area contributed by atoms with E-state index in [9.17, 15) is 9.90 Å². The lowest BCUT2D eigenvalue weighted by atomic mass is 9.51. The first kappa shape index (κ1) is 15.6. The van der Waals surface area contributed by atoms with E-state index in [4.69, 9.17) is 9.47 Å². The molecule has 120 valence electrons. The molecule has 4 nitrogen and oxygen atoms in total. The molecule has 2 aliphatic carbocycles. The predicted octanol–water partition coefficient (Wildman–Crippen LogP) is 3.64. The van der Waals surface area contributed by atoms with Crippen LogP contribution in [0.4, 0.5) is 4.79 Å². The molecule has 1 N–H and O–H groups in total. The van der Waals surface area contributed by atoms with Gasteiger partial charge in [0.25, 0.3) is 0 Å². The van der Waals surface area contributed by atoms with Gasteiger partial charge in [-0.05, 0) is 44.9 Å². The minimum atomic E-state index is -0.777. The van der Waals surface area contributed by atoms with Crippen LogP contribution < -0.4 is 0 Å². The third kappa shape index (κ3) is 2.31. The molecule has 3 rings (SSSR count). The number of ether oxygens (including phenoxy) is 2. The SMILES string of the molecule is C[C@]12CCC[C@@](C)(O)[C@@H]1[C@H]1OC(=O)O[C@@](C)(CBr)[C@@H]1CC2. The maximum absolute atomic E-state index is 11.9. The van der Waals surface area contributed by atoms with E-state index in [2.05, 4.69) is 22.9 Å². The number of rotatable bonds is 1. The van der Waals surface area contributed by atoms with Crippen LogP contribution in [0, 0.1) is 17.3 Å². The summed E-state index contributed by atoms with van der Waals surface area (Å²) in [6, 6.07) is 0. The fourth-order valence-corrected chi connectivity index (χ4v) is 5.69. The van der Waals surface area contributed by atoms with Crippen LogP contribution >= 0.6 is 15.9 Å². The van der Waals surface area contributed by atoms with Gasteiger partial charge in [0.1, 0.15) is 11.7 Å². The summed E-state index contributed by atoms with van der Waals surface area (Å²) in [6.45, 7) is 6.13. The second kappa shape index (κ2) is 4.85. The Morgan fingerprint density at radius 1 is 1.29 bits per heavy atom. The highest BCUT2D eigenvalue weighted by atomic mass is 79.9. The van der Waals surface area contributed by atoms with Gasteiger partial charge in [-0.1, -0.05) is 29.3 Å². The fraction of sp³-hybridized carbons (Fsp3) is 0.938. The van der Waals surface area contributed by atoms with Crippen molar-refractivity contribution in [1.82, 2.24) is 0 Å². The molecule has 1 saturated heterocycles. The summed E-state index contributed by atoms with van der Waals surface area (Å²) < 4.78 is 11.1. The van der Waals surface area contributed by atoms with Crippen LogP contribution in [0.5, 0.6) is 0 Å². The molecule has 1 heterocycles. The van der Waals surface area contributed by atoms with Crippen molar-refractivity contribution < 1.29 is 19.4 Å². The summed E-state index contributed by atoms with van der Waals surface area (Å²) in [5.74, 6) is 0.126. The van der Waals surface area contributed by atoms with Crippen molar-refractivity contribution in [3.05, 3.63) is 0 Å². The fourth-order valence-electron chi connectivity index (χ4n) is 5.16. The first-order chi connectivity index (χ1) is 9.72. The number of fused-ring (bicyclic) bond motifs is 3. The summed E-state index contributed by atoms with van der Waals surface area (Å²) in [5, 5.41) is 11.6. The molecule has 0 bridgehead atoms. The Kier molecular flexibility index (Phi) is 3.60. The first-order valence-electron chi connectivity index (χ1n) is 7.90. The molecule has 6 atom stereocenters. The smallest absolute Gasteiger partial charge is 0.430 e. The van der Waals surface area contributed by atoms with Gasteiger partial charge >= 0.3 is 6.16 Å². The molecule has 0 aromatic rings. The number of carbonyl (C=O) groups is 1. The Hall–Kier alpha value is -0.290. The Morgan fingerprint density at radius 3 is 2.67 bits per heavy atom. The van der Waals surface area contributed by atoms with Gasteiger partial charge in [-0.2, -0.15) is 0 Å². The lowest BCUT2D eigenvalue weighted by Gasteiger charge is -2.60. The van der Waals surface area contributed by atoms with Crippen molar-refractivity contribution in [3.8, 4) is 0 Å². The molecule has 3 fully saturated rings. The summed E-state index contributed by atoms with van der Waals surface area (Å²) in [7, 11) is 0. The third-order valence-electron chi connectivity index (χ3n) is 6.20. The topological polar surface area (TPSA) is 55.8 Å². The molecular weight excluding hydrogens is 336 g/mol. The molecule has 2 saturated carbocycles. The average molecular weight is 361 g/mol. The Balaban J connectivity index is 2.01. The van der Waals surface area contributed by atoms with Gasteiger partial charge in [-0.3, -0.25) is 0 Å². The molecule has 21 heavy (non-hydrogen) atoms. The van der Waals surface area contributed by atoms with Crippen molar-refractivity contribution in [2.45, 2.75) is 70.2 Å². The zero-order valence-electron chi connectivity index (χ0n) is 13.0. The number of hydrogen-bond donors (Lipinski definition) is 1. The van der Waals surface area contributed by atoms with Crippen molar-refractivity contribution >= 4 is 22.1 Å². The van der Waals surface area contributed by atoms with Crippen LogP contribution in [-0.4, -0.2) is 33.9 Å². The predicted molar refractivity (Wildman–Crippen MR) is 82.3 cm³/mol. The molecule has 3 aliphatic rings. The molecule has 0 radical (unpaired) electrons. The molecule has 1 aliphatic heterocycles. The van der Waals surface area contributed by atoms with E-state index in [1.54, 1.807) is 0 Å². The van der Waals surface area contributed by atoms with Crippen LogP contribution in [0.2, 0.25) is 0 Å². The zero-order valence-corrected chi connectivity index (χ0v) is 14.6. The summed E-state index contributed by atoms with van der Waals surface area (Å²) >= 11 is 3.49. The molecule has 0 amide bonds. The van der Waals surface area contributed by atoms with Crippen LogP contribution in [0.15, 0.2) is 0 Å². The number of alkyl halides is 1. The molecule has 5 heteroatoms. The standard InChI is InChI=1S/C16H25BrO4/c1-14-6-4-7-15(2,19)12(14)11-10(5-8-14)16(3,9-17)21-13(18)20-11/h10-12,19H,4-9H2,1-3H3/t10-,11+,12-,14-,15-,16+/m1/s1. The van der Waals surface area contributed by atoms with Gasteiger partial charge in [0, 0.05) is 17.2 Å². The maximum Gasteiger partial charge on any atom is 0.509 e. The number of halogens is 1. The van der Waals surface area contributed by atoms with Crippen LogP contribution in [-0.2, 0) is 9.47 Å². The molecule has 0 unspecified atom stereocenters. The third-order valence-corrected chi connectivity index (χ3v) is 7.32. The van der Waals surface area contributed by atoms with Gasteiger partial charge in [-0.15, -0.1) is 0 Å². The minimum Gasteiger partial charge on any atom is -0.430 e. The van der Waals surface area contributed by atoms with E-state index < -0.39 is 17.4 Å². The maximum atomic E-state index is 11.9. The Bertz CT molecular complexity index is 452. The summed E-state index contributed by atoms with van der Waals surface area (Å²) in [6.07, 6.45) is 4.10. The van der Waals surface area contributed by atoms with Crippen molar-refractivity contribution in [1.29, 1.82) is 0 Å². The highest BCUT2D eigenvalue weighted by molar-refractivity contribution is 9.09. The van der Waals surface area contributed by atoms with Crippen molar-refractivity contribution in [2.75, 3.05) is 5.33 Å². The van der Waals surface area contributed by atoms with E-state index in [0.717, 1.165) is 32.1 Å². The number of carbonyl (C=O) groups excluding carboxylic acids is 1. The summed E-state index contributed by atoms with van der Waals surface area (Å²) in [5.41, 5.74) is -1.27. The van der Waals surface area contributed by atoms with Crippen molar-refractivity contribution in [2.24, 2.45) is 17.3 Å². The van der Waals surface area contributed by atoms with E-state index >= 15 is 0 Å².